The molecular weight excluding hydrogens is 172 g/mol. The summed E-state index contributed by atoms with van der Waals surface area (Å²) in [6.07, 6.45) is 6.28. The third-order valence-corrected chi connectivity index (χ3v) is 3.58. The first-order valence-corrected chi connectivity index (χ1v) is 5.69. The number of rotatable bonds is 6. The molecule has 0 N–H and O–H groups in total. The zero-order valence-electron chi connectivity index (χ0n) is 6.90. The fraction of sp³-hybridized carbons (Fsp3) is 0.444. The van der Waals surface area contributed by atoms with Crippen LogP contribution in [0.2, 0.25) is 0 Å². The molecule has 1 aliphatic rings. The van der Waals surface area contributed by atoms with Crippen LogP contribution in [0.4, 0.5) is 0 Å². The molecule has 0 unspecified atom stereocenters. The molecule has 0 aromatic rings. The van der Waals surface area contributed by atoms with Crippen LogP contribution in [0.3, 0.4) is 0 Å². The lowest BCUT2D eigenvalue weighted by Crippen LogP contribution is -1.93. The molecule has 0 amide bonds. The first kappa shape index (κ1) is 9.39. The fourth-order valence-corrected chi connectivity index (χ4v) is 2.66. The predicted molar refractivity (Wildman–Crippen MR) is 53.0 cm³/mol. The molecule has 1 heterocycles. The van der Waals surface area contributed by atoms with E-state index >= 15 is 0 Å². The summed E-state index contributed by atoms with van der Waals surface area (Å²) in [6, 6.07) is 0. The minimum Gasteiger partial charge on any atom is -0.457 e. The van der Waals surface area contributed by atoms with E-state index < -0.39 is 0 Å². The Balaban J connectivity index is 1.92. The van der Waals surface area contributed by atoms with E-state index in [0.29, 0.717) is 6.61 Å². The van der Waals surface area contributed by atoms with Gasteiger partial charge in [0.2, 0.25) is 0 Å². The van der Waals surface area contributed by atoms with Gasteiger partial charge in [0.1, 0.15) is 0 Å². The number of unbranched alkanes of at least 4 members (excludes halogenated alkanes) is 1. The van der Waals surface area contributed by atoms with Gasteiger partial charge < -0.3 is 4.74 Å². The largest absolute Gasteiger partial charge is 0.457 e. The highest BCUT2D eigenvalue weighted by atomic mass is 32.2. The maximum Gasteiger partial charge on any atom is 0.417 e. The van der Waals surface area contributed by atoms with Crippen molar-refractivity contribution in [1.82, 2.24) is 0 Å². The summed E-state index contributed by atoms with van der Waals surface area (Å²) in [5.41, 5.74) is 0. The third kappa shape index (κ3) is 3.62. The van der Waals surface area contributed by atoms with Crippen LogP contribution in [0.5, 0.6) is 0 Å². The van der Waals surface area contributed by atoms with Crippen molar-refractivity contribution >= 4 is 17.4 Å². The van der Waals surface area contributed by atoms with E-state index in [-0.39, 0.29) is 10.9 Å². The lowest BCUT2D eigenvalue weighted by atomic mass is 10.4. The van der Waals surface area contributed by atoms with E-state index in [9.17, 15) is 4.79 Å². The Bertz CT molecular complexity index is 175. The van der Waals surface area contributed by atoms with Crippen molar-refractivity contribution in [2.45, 2.75) is 12.8 Å². The van der Waals surface area contributed by atoms with Gasteiger partial charge in [-0.25, -0.2) is 15.7 Å². The molecule has 0 aromatic heterocycles. The lowest BCUT2D eigenvalue weighted by molar-refractivity contribution is 0.272. The molecule has 3 heteroatoms. The van der Waals surface area contributed by atoms with Crippen LogP contribution in [-0.2, 0) is 9.53 Å². The average Bonchev–Trinajstić information content (AvgIpc) is 2.57. The summed E-state index contributed by atoms with van der Waals surface area (Å²) in [6.45, 7) is 1.94. The van der Waals surface area contributed by atoms with Crippen molar-refractivity contribution in [1.29, 1.82) is 0 Å². The summed E-state index contributed by atoms with van der Waals surface area (Å²) >= 11 is 0. The quantitative estimate of drug-likeness (QED) is 0.505. The molecule has 0 aromatic carbocycles. The standard InChI is InChI=1S/C9H13O2S/c10-9-11-5-1-2-6-12-7-3-4-8-12/h3-4,7-8,12H,1-2,5-6H2. The van der Waals surface area contributed by atoms with Gasteiger partial charge in [-0.3, -0.25) is 0 Å². The maximum atomic E-state index is 9.66. The average molecular weight is 185 g/mol. The van der Waals surface area contributed by atoms with Gasteiger partial charge >= 0.3 is 6.47 Å². The summed E-state index contributed by atoms with van der Waals surface area (Å²) in [5.74, 6) is 1.21. The van der Waals surface area contributed by atoms with Crippen molar-refractivity contribution in [2.24, 2.45) is 0 Å². The van der Waals surface area contributed by atoms with Crippen LogP contribution in [0.15, 0.2) is 23.0 Å². The van der Waals surface area contributed by atoms with Gasteiger partial charge in [-0.05, 0) is 29.4 Å². The van der Waals surface area contributed by atoms with E-state index in [1.807, 2.05) is 0 Å². The van der Waals surface area contributed by atoms with Crippen LogP contribution >= 0.6 is 10.9 Å². The molecular formula is C9H13O2S. The number of ether oxygens (including phenoxy) is 1. The van der Waals surface area contributed by atoms with Crippen molar-refractivity contribution in [3.05, 3.63) is 23.0 Å². The van der Waals surface area contributed by atoms with E-state index in [4.69, 9.17) is 0 Å². The Kier molecular flexibility index (Phi) is 4.61. The van der Waals surface area contributed by atoms with Gasteiger partial charge in [-0.15, -0.1) is 0 Å². The molecule has 67 valence electrons. The minimum atomic E-state index is 0.0188. The molecule has 0 spiro atoms. The molecule has 0 aliphatic carbocycles. The molecule has 0 atom stereocenters. The van der Waals surface area contributed by atoms with Gasteiger partial charge in [0, 0.05) is 0 Å². The van der Waals surface area contributed by atoms with Crippen molar-refractivity contribution in [3.63, 3.8) is 0 Å². The zero-order chi connectivity index (χ0) is 8.65. The normalized spacial score (nSPS) is 16.8. The number of allylic oxidation sites excluding steroid dienone is 2. The van der Waals surface area contributed by atoms with Crippen molar-refractivity contribution in [3.8, 4) is 0 Å². The van der Waals surface area contributed by atoms with Gasteiger partial charge in [0.05, 0.1) is 6.61 Å². The number of carbonyl (C=O) groups excluding carboxylic acids is 1. The molecule has 0 saturated heterocycles. The van der Waals surface area contributed by atoms with Crippen LogP contribution in [-0.4, -0.2) is 18.8 Å². The second kappa shape index (κ2) is 5.89. The van der Waals surface area contributed by atoms with E-state index in [1.165, 1.54) is 12.2 Å². The number of hydrogen-bond donors (Lipinski definition) is 1. The summed E-state index contributed by atoms with van der Waals surface area (Å²) in [4.78, 5) is 9.66. The second-order valence-electron chi connectivity index (χ2n) is 2.56. The first-order valence-electron chi connectivity index (χ1n) is 4.03. The van der Waals surface area contributed by atoms with E-state index in [2.05, 4.69) is 27.7 Å². The summed E-state index contributed by atoms with van der Waals surface area (Å²) in [5, 5.41) is 4.50. The van der Waals surface area contributed by atoms with Gasteiger partial charge in [0.15, 0.2) is 0 Å². The summed E-state index contributed by atoms with van der Waals surface area (Å²) in [7, 11) is 0.0188. The minimum absolute atomic E-state index is 0.0188. The molecule has 12 heavy (non-hydrogen) atoms. The van der Waals surface area contributed by atoms with Gasteiger partial charge in [0.25, 0.3) is 0 Å². The van der Waals surface area contributed by atoms with Crippen LogP contribution in [0.1, 0.15) is 12.8 Å². The van der Waals surface area contributed by atoms with Crippen LogP contribution in [0, 0.1) is 0 Å². The summed E-state index contributed by atoms with van der Waals surface area (Å²) < 4.78 is 4.46. The predicted octanol–water partition coefficient (Wildman–Crippen LogP) is 1.89. The smallest absolute Gasteiger partial charge is 0.417 e. The highest BCUT2D eigenvalue weighted by Crippen LogP contribution is 2.33. The fourth-order valence-electron chi connectivity index (χ4n) is 1.03. The van der Waals surface area contributed by atoms with E-state index in [1.54, 1.807) is 0 Å². The van der Waals surface area contributed by atoms with E-state index in [0.717, 1.165) is 12.8 Å². The van der Waals surface area contributed by atoms with Crippen LogP contribution in [0.25, 0.3) is 0 Å². The monoisotopic (exact) mass is 185 g/mol. The molecule has 1 radical (unpaired) electrons. The Morgan fingerprint density at radius 3 is 2.67 bits per heavy atom. The first-order chi connectivity index (χ1) is 5.93. The molecule has 0 saturated carbocycles. The Labute approximate surface area is 75.6 Å². The third-order valence-electron chi connectivity index (χ3n) is 1.64. The topological polar surface area (TPSA) is 26.3 Å². The lowest BCUT2D eigenvalue weighted by Gasteiger charge is -2.07. The van der Waals surface area contributed by atoms with Gasteiger partial charge in [-0.2, -0.15) is 0 Å². The molecule has 2 nitrogen and oxygen atoms in total. The number of hydrogen-bond acceptors (Lipinski definition) is 2. The Morgan fingerprint density at radius 1 is 1.25 bits per heavy atom. The van der Waals surface area contributed by atoms with Crippen molar-refractivity contribution in [2.75, 3.05) is 12.4 Å². The Hall–Kier alpha value is -0.700. The molecule has 1 rings (SSSR count). The highest BCUT2D eigenvalue weighted by Gasteiger charge is 1.98. The van der Waals surface area contributed by atoms with Crippen LogP contribution < -0.4 is 0 Å². The van der Waals surface area contributed by atoms with Gasteiger partial charge in [-0.1, -0.05) is 12.2 Å². The molecule has 0 bridgehead atoms. The van der Waals surface area contributed by atoms with Crippen molar-refractivity contribution < 1.29 is 9.53 Å². The Morgan fingerprint density at radius 2 is 2.00 bits per heavy atom. The molecule has 1 aliphatic heterocycles. The maximum absolute atomic E-state index is 9.66. The second-order valence-corrected chi connectivity index (χ2v) is 4.63. The molecule has 0 fully saturated rings. The SMILES string of the molecule is O=[C]OCCCC[SH]1C=CC=C1. The zero-order valence-corrected chi connectivity index (χ0v) is 7.80. The number of thiol groups is 1. The highest BCUT2D eigenvalue weighted by molar-refractivity contribution is 8.22.